The van der Waals surface area contributed by atoms with Crippen molar-refractivity contribution in [3.63, 3.8) is 0 Å². The summed E-state index contributed by atoms with van der Waals surface area (Å²) in [6.07, 6.45) is 2.20. The Kier molecular flexibility index (Phi) is 7.54. The van der Waals surface area contributed by atoms with Crippen molar-refractivity contribution in [1.29, 1.82) is 0 Å². The molecule has 0 atom stereocenters. The van der Waals surface area contributed by atoms with Crippen LogP contribution in [0.2, 0.25) is 0 Å². The van der Waals surface area contributed by atoms with Gasteiger partial charge in [0.2, 0.25) is 5.91 Å². The molecule has 3 nitrogen and oxygen atoms in total. The Hall–Kier alpha value is 0.160. The molecule has 0 rings (SSSR count). The summed E-state index contributed by atoms with van der Waals surface area (Å²) in [4.78, 5) is 11.2. The van der Waals surface area contributed by atoms with Gasteiger partial charge in [0.05, 0.1) is 5.60 Å². The zero-order valence-electron chi connectivity index (χ0n) is 9.23. The highest BCUT2D eigenvalue weighted by molar-refractivity contribution is 14.1. The van der Waals surface area contributed by atoms with Crippen LogP contribution in [0.3, 0.4) is 0 Å². The summed E-state index contributed by atoms with van der Waals surface area (Å²) in [5, 5.41) is 2.82. The minimum absolute atomic E-state index is 0.0200. The first-order valence-electron chi connectivity index (χ1n) is 4.92. The van der Waals surface area contributed by atoms with E-state index >= 15 is 0 Å². The van der Waals surface area contributed by atoms with Crippen LogP contribution in [0.15, 0.2) is 0 Å². The van der Waals surface area contributed by atoms with Crippen molar-refractivity contribution in [3.05, 3.63) is 0 Å². The third kappa shape index (κ3) is 10.2. The number of unbranched alkanes of at least 4 members (excludes halogenated alkanes) is 1. The van der Waals surface area contributed by atoms with Crippen LogP contribution in [0.1, 0.15) is 33.6 Å². The molecule has 0 unspecified atom stereocenters. The number of alkyl halides is 1. The minimum Gasteiger partial charge on any atom is -0.366 e. The van der Waals surface area contributed by atoms with Gasteiger partial charge in [0.25, 0.3) is 0 Å². The number of ether oxygens (including phenoxy) is 1. The molecule has 0 fully saturated rings. The molecule has 14 heavy (non-hydrogen) atoms. The zero-order chi connectivity index (χ0) is 11.0. The zero-order valence-corrected chi connectivity index (χ0v) is 11.4. The first-order chi connectivity index (χ1) is 6.45. The molecule has 0 aromatic rings. The first-order valence-corrected chi connectivity index (χ1v) is 6.45. The van der Waals surface area contributed by atoms with E-state index in [-0.39, 0.29) is 18.1 Å². The highest BCUT2D eigenvalue weighted by Crippen LogP contribution is 2.05. The average molecular weight is 313 g/mol. The molecule has 0 saturated heterocycles. The van der Waals surface area contributed by atoms with Crippen LogP contribution >= 0.6 is 22.6 Å². The molecule has 0 aromatic carbocycles. The molecular weight excluding hydrogens is 293 g/mol. The maximum Gasteiger partial charge on any atom is 0.246 e. The van der Waals surface area contributed by atoms with Gasteiger partial charge >= 0.3 is 0 Å². The molecule has 0 spiro atoms. The number of amides is 1. The summed E-state index contributed by atoms with van der Waals surface area (Å²) in [7, 11) is 0. The molecule has 0 saturated carbocycles. The van der Waals surface area contributed by atoms with E-state index in [1.807, 2.05) is 20.8 Å². The predicted octanol–water partition coefficient (Wildman–Crippen LogP) is 2.13. The lowest BCUT2D eigenvalue weighted by Gasteiger charge is -2.18. The largest absolute Gasteiger partial charge is 0.366 e. The van der Waals surface area contributed by atoms with E-state index in [2.05, 4.69) is 27.9 Å². The Balaban J connectivity index is 3.38. The van der Waals surface area contributed by atoms with E-state index in [9.17, 15) is 4.79 Å². The highest BCUT2D eigenvalue weighted by atomic mass is 127. The topological polar surface area (TPSA) is 38.3 Å². The Labute approximate surface area is 100 Å². The molecule has 4 heteroatoms. The number of hydrogen-bond acceptors (Lipinski definition) is 2. The quantitative estimate of drug-likeness (QED) is 0.463. The molecule has 0 aliphatic carbocycles. The van der Waals surface area contributed by atoms with Gasteiger partial charge in [-0.1, -0.05) is 22.6 Å². The van der Waals surface area contributed by atoms with Crippen molar-refractivity contribution in [3.8, 4) is 0 Å². The van der Waals surface area contributed by atoms with Gasteiger partial charge in [0, 0.05) is 6.54 Å². The normalized spacial score (nSPS) is 11.4. The Morgan fingerprint density at radius 1 is 1.36 bits per heavy atom. The van der Waals surface area contributed by atoms with E-state index in [1.54, 1.807) is 0 Å². The second-order valence-corrected chi connectivity index (χ2v) is 5.23. The van der Waals surface area contributed by atoms with Crippen molar-refractivity contribution < 1.29 is 9.53 Å². The second kappa shape index (κ2) is 7.45. The van der Waals surface area contributed by atoms with Gasteiger partial charge in [-0.05, 0) is 38.0 Å². The Morgan fingerprint density at radius 3 is 2.50 bits per heavy atom. The van der Waals surface area contributed by atoms with E-state index in [1.165, 1.54) is 0 Å². The smallest absolute Gasteiger partial charge is 0.246 e. The number of nitrogens with one attached hydrogen (secondary N) is 1. The molecule has 0 heterocycles. The lowest BCUT2D eigenvalue weighted by Crippen LogP contribution is -2.32. The predicted molar refractivity (Wildman–Crippen MR) is 66.8 cm³/mol. The summed E-state index contributed by atoms with van der Waals surface area (Å²) >= 11 is 2.33. The van der Waals surface area contributed by atoms with E-state index in [0.29, 0.717) is 0 Å². The standard InChI is InChI=1S/C10H20INO2/c1-10(2,3)14-8-9(13)12-7-5-4-6-11/h4-8H2,1-3H3,(H,12,13). The van der Waals surface area contributed by atoms with E-state index in [0.717, 1.165) is 23.8 Å². The fourth-order valence-electron chi connectivity index (χ4n) is 0.780. The second-order valence-electron chi connectivity index (χ2n) is 4.15. The number of rotatable bonds is 6. The van der Waals surface area contributed by atoms with Crippen LogP contribution in [0.4, 0.5) is 0 Å². The van der Waals surface area contributed by atoms with Crippen LogP contribution in [0, 0.1) is 0 Å². The van der Waals surface area contributed by atoms with Gasteiger partial charge in [0.15, 0.2) is 0 Å². The van der Waals surface area contributed by atoms with Crippen LogP contribution in [0.25, 0.3) is 0 Å². The summed E-state index contributed by atoms with van der Waals surface area (Å²) in [6.45, 7) is 6.74. The maximum atomic E-state index is 11.2. The fourth-order valence-corrected chi connectivity index (χ4v) is 1.32. The van der Waals surface area contributed by atoms with Crippen LogP contribution < -0.4 is 5.32 Å². The minimum atomic E-state index is -0.237. The molecule has 0 aromatic heterocycles. The summed E-state index contributed by atoms with van der Waals surface area (Å²) in [5.74, 6) is -0.0200. The SMILES string of the molecule is CC(C)(C)OCC(=O)NCCCCI. The van der Waals surface area contributed by atoms with Gasteiger partial charge in [0.1, 0.15) is 6.61 Å². The summed E-state index contributed by atoms with van der Waals surface area (Å²) < 4.78 is 6.48. The number of hydrogen-bond donors (Lipinski definition) is 1. The summed E-state index contributed by atoms with van der Waals surface area (Å²) in [5.41, 5.74) is -0.237. The van der Waals surface area contributed by atoms with Crippen LogP contribution in [-0.2, 0) is 9.53 Å². The highest BCUT2D eigenvalue weighted by Gasteiger charge is 2.12. The monoisotopic (exact) mass is 313 g/mol. The maximum absolute atomic E-state index is 11.2. The molecule has 0 bridgehead atoms. The third-order valence-electron chi connectivity index (χ3n) is 1.52. The molecule has 1 amide bonds. The molecule has 0 aliphatic heterocycles. The van der Waals surface area contributed by atoms with Gasteiger partial charge in [-0.2, -0.15) is 0 Å². The Morgan fingerprint density at radius 2 is 2.00 bits per heavy atom. The van der Waals surface area contributed by atoms with Crippen LogP contribution in [0.5, 0.6) is 0 Å². The van der Waals surface area contributed by atoms with E-state index < -0.39 is 0 Å². The lowest BCUT2D eigenvalue weighted by molar-refractivity contribution is -0.130. The van der Waals surface area contributed by atoms with Gasteiger partial charge in [-0.15, -0.1) is 0 Å². The van der Waals surface area contributed by atoms with Crippen molar-refractivity contribution in [1.82, 2.24) is 5.32 Å². The fraction of sp³-hybridized carbons (Fsp3) is 0.900. The molecule has 0 radical (unpaired) electrons. The number of halogens is 1. The van der Waals surface area contributed by atoms with Crippen molar-refractivity contribution >= 4 is 28.5 Å². The molecule has 1 N–H and O–H groups in total. The first kappa shape index (κ1) is 14.2. The molecule has 0 aliphatic rings. The third-order valence-corrected chi connectivity index (χ3v) is 2.28. The van der Waals surface area contributed by atoms with Gasteiger partial charge in [-0.3, -0.25) is 4.79 Å². The van der Waals surface area contributed by atoms with Crippen LogP contribution in [-0.4, -0.2) is 29.1 Å². The number of carbonyl (C=O) groups excluding carboxylic acids is 1. The van der Waals surface area contributed by atoms with Crippen molar-refractivity contribution in [2.24, 2.45) is 0 Å². The lowest BCUT2D eigenvalue weighted by atomic mass is 10.2. The van der Waals surface area contributed by atoms with E-state index in [4.69, 9.17) is 4.74 Å². The molecule has 84 valence electrons. The van der Waals surface area contributed by atoms with Gasteiger partial charge in [-0.25, -0.2) is 0 Å². The molecular formula is C10H20INO2. The number of carbonyl (C=O) groups is 1. The average Bonchev–Trinajstić information content (AvgIpc) is 2.08. The van der Waals surface area contributed by atoms with Crippen molar-refractivity contribution in [2.45, 2.75) is 39.2 Å². The van der Waals surface area contributed by atoms with Crippen molar-refractivity contribution in [2.75, 3.05) is 17.6 Å². The Bertz CT molecular complexity index is 166. The summed E-state index contributed by atoms with van der Waals surface area (Å²) in [6, 6.07) is 0. The van der Waals surface area contributed by atoms with Gasteiger partial charge < -0.3 is 10.1 Å².